The highest BCUT2D eigenvalue weighted by molar-refractivity contribution is 5.68. The zero-order valence-corrected chi connectivity index (χ0v) is 12.2. The Hall–Kier alpha value is -1.69. The Balaban J connectivity index is 1.98. The summed E-state index contributed by atoms with van der Waals surface area (Å²) in [6.07, 6.45) is -3.26. The molecular formula is C15H20F2N2O2. The predicted octanol–water partition coefficient (Wildman–Crippen LogP) is 2.59. The summed E-state index contributed by atoms with van der Waals surface area (Å²) in [6.45, 7) is 2.40. The second-order valence-corrected chi connectivity index (χ2v) is 5.38. The summed E-state index contributed by atoms with van der Waals surface area (Å²) in [5, 5.41) is 0. The molecule has 1 saturated heterocycles. The molecule has 1 aliphatic rings. The molecular weight excluding hydrogens is 278 g/mol. The molecule has 1 fully saturated rings. The molecule has 0 aliphatic carbocycles. The normalized spacial score (nSPS) is 23.4. The van der Waals surface area contributed by atoms with Crippen LogP contribution in [0.3, 0.4) is 0 Å². The van der Waals surface area contributed by atoms with Gasteiger partial charge in [0.1, 0.15) is 12.6 Å². The number of piperazine rings is 1. The van der Waals surface area contributed by atoms with Crippen molar-refractivity contribution in [3.05, 3.63) is 35.9 Å². The van der Waals surface area contributed by atoms with Gasteiger partial charge in [-0.05, 0) is 19.5 Å². The van der Waals surface area contributed by atoms with Crippen LogP contribution in [0, 0.1) is 0 Å². The highest BCUT2D eigenvalue weighted by Gasteiger charge is 2.38. The molecule has 0 N–H and O–H groups in total. The van der Waals surface area contributed by atoms with E-state index in [0.717, 1.165) is 10.5 Å². The van der Waals surface area contributed by atoms with E-state index in [0.29, 0.717) is 0 Å². The molecule has 0 bridgehead atoms. The molecule has 21 heavy (non-hydrogen) atoms. The van der Waals surface area contributed by atoms with Crippen LogP contribution in [0.25, 0.3) is 0 Å². The molecule has 1 aromatic rings. The van der Waals surface area contributed by atoms with Crippen molar-refractivity contribution < 1.29 is 18.3 Å². The maximum Gasteiger partial charge on any atom is 0.410 e. The lowest BCUT2D eigenvalue weighted by Crippen LogP contribution is -2.60. The van der Waals surface area contributed by atoms with Gasteiger partial charge in [-0.25, -0.2) is 13.6 Å². The predicted molar refractivity (Wildman–Crippen MR) is 75.2 cm³/mol. The first kappa shape index (κ1) is 15.7. The first-order valence-corrected chi connectivity index (χ1v) is 6.94. The summed E-state index contributed by atoms with van der Waals surface area (Å²) in [7, 11) is 1.78. The van der Waals surface area contributed by atoms with Gasteiger partial charge >= 0.3 is 6.09 Å². The number of carbonyl (C=O) groups is 1. The third-order valence-electron chi connectivity index (χ3n) is 3.82. The number of rotatable bonds is 3. The van der Waals surface area contributed by atoms with Gasteiger partial charge in [-0.3, -0.25) is 9.80 Å². The summed E-state index contributed by atoms with van der Waals surface area (Å²) >= 11 is 0. The number of hydrogen-bond donors (Lipinski definition) is 0. The molecule has 0 saturated carbocycles. The first-order chi connectivity index (χ1) is 9.99. The minimum Gasteiger partial charge on any atom is -0.445 e. The van der Waals surface area contributed by atoms with E-state index in [1.54, 1.807) is 7.05 Å². The molecule has 1 amide bonds. The number of alkyl halides is 2. The van der Waals surface area contributed by atoms with Crippen LogP contribution in [0.15, 0.2) is 30.3 Å². The summed E-state index contributed by atoms with van der Waals surface area (Å²) in [5.41, 5.74) is 0.835. The van der Waals surface area contributed by atoms with Gasteiger partial charge in [-0.1, -0.05) is 30.3 Å². The Morgan fingerprint density at radius 1 is 1.33 bits per heavy atom. The Kier molecular flexibility index (Phi) is 5.12. The quantitative estimate of drug-likeness (QED) is 0.860. The minimum atomic E-state index is -2.58. The van der Waals surface area contributed by atoms with Crippen molar-refractivity contribution in [1.29, 1.82) is 0 Å². The number of halogens is 2. The van der Waals surface area contributed by atoms with Gasteiger partial charge in [0.15, 0.2) is 0 Å². The van der Waals surface area contributed by atoms with Gasteiger partial charge in [-0.2, -0.15) is 0 Å². The van der Waals surface area contributed by atoms with Crippen LogP contribution in [0.2, 0.25) is 0 Å². The van der Waals surface area contributed by atoms with E-state index in [1.165, 1.54) is 0 Å². The fourth-order valence-electron chi connectivity index (χ4n) is 2.36. The van der Waals surface area contributed by atoms with E-state index in [4.69, 9.17) is 4.74 Å². The monoisotopic (exact) mass is 298 g/mol. The number of nitrogens with zero attached hydrogens (tertiary/aromatic N) is 2. The molecule has 0 radical (unpaired) electrons. The number of benzene rings is 1. The van der Waals surface area contributed by atoms with E-state index < -0.39 is 18.6 Å². The van der Waals surface area contributed by atoms with E-state index in [9.17, 15) is 13.6 Å². The maximum absolute atomic E-state index is 13.1. The summed E-state index contributed by atoms with van der Waals surface area (Å²) in [5.74, 6) is 0. The number of ether oxygens (including phenoxy) is 1. The van der Waals surface area contributed by atoms with Crippen LogP contribution in [0.4, 0.5) is 13.6 Å². The standard InChI is InChI=1S/C15H20F2N2O2/c1-11-8-19(13(14(16)17)9-18(11)2)15(20)21-10-12-6-4-3-5-7-12/h3-7,11,13-14H,8-10H2,1-2H3/t11-,13-/m1/s1. The number of hydrogen-bond acceptors (Lipinski definition) is 3. The summed E-state index contributed by atoms with van der Waals surface area (Å²) in [6, 6.07) is 8.10. The Labute approximate surface area is 123 Å². The number of amides is 1. The molecule has 6 heteroatoms. The third kappa shape index (κ3) is 3.91. The van der Waals surface area contributed by atoms with E-state index in [2.05, 4.69) is 0 Å². The van der Waals surface area contributed by atoms with Crippen molar-refractivity contribution in [2.75, 3.05) is 20.1 Å². The second-order valence-electron chi connectivity index (χ2n) is 5.38. The van der Waals surface area contributed by atoms with Crippen molar-refractivity contribution >= 4 is 6.09 Å². The summed E-state index contributed by atoms with van der Waals surface area (Å²) in [4.78, 5) is 15.1. The largest absolute Gasteiger partial charge is 0.445 e. The minimum absolute atomic E-state index is 0.0317. The van der Waals surface area contributed by atoms with Gasteiger partial charge in [0.2, 0.25) is 0 Å². The smallest absolute Gasteiger partial charge is 0.410 e. The van der Waals surface area contributed by atoms with Crippen LogP contribution in [-0.4, -0.2) is 54.5 Å². The zero-order valence-electron chi connectivity index (χ0n) is 12.2. The van der Waals surface area contributed by atoms with E-state index >= 15 is 0 Å². The fraction of sp³-hybridized carbons (Fsp3) is 0.533. The third-order valence-corrected chi connectivity index (χ3v) is 3.82. The average molecular weight is 298 g/mol. The van der Waals surface area contributed by atoms with Crippen LogP contribution >= 0.6 is 0 Å². The zero-order chi connectivity index (χ0) is 15.4. The van der Waals surface area contributed by atoms with Crippen molar-refractivity contribution in [2.45, 2.75) is 32.0 Å². The first-order valence-electron chi connectivity index (χ1n) is 6.94. The van der Waals surface area contributed by atoms with Gasteiger partial charge in [0, 0.05) is 19.1 Å². The molecule has 0 aromatic heterocycles. The van der Waals surface area contributed by atoms with Crippen LogP contribution < -0.4 is 0 Å². The van der Waals surface area contributed by atoms with Crippen molar-refractivity contribution in [1.82, 2.24) is 9.80 Å². The number of likely N-dealkylation sites (N-methyl/N-ethyl adjacent to an activating group) is 1. The second kappa shape index (κ2) is 6.85. The highest BCUT2D eigenvalue weighted by atomic mass is 19.3. The van der Waals surface area contributed by atoms with Crippen molar-refractivity contribution in [2.24, 2.45) is 0 Å². The van der Waals surface area contributed by atoms with E-state index in [1.807, 2.05) is 42.2 Å². The maximum atomic E-state index is 13.1. The Morgan fingerprint density at radius 2 is 2.00 bits per heavy atom. The molecule has 2 rings (SSSR count). The fourth-order valence-corrected chi connectivity index (χ4v) is 2.36. The SMILES string of the molecule is C[C@@H]1CN(C(=O)OCc2ccccc2)[C@@H](C(F)F)CN1C. The molecule has 1 aromatic carbocycles. The molecule has 0 unspecified atom stereocenters. The van der Waals surface area contributed by atoms with Crippen LogP contribution in [-0.2, 0) is 11.3 Å². The molecule has 0 spiro atoms. The lowest BCUT2D eigenvalue weighted by molar-refractivity contribution is -0.0339. The summed E-state index contributed by atoms with van der Waals surface area (Å²) < 4.78 is 31.4. The topological polar surface area (TPSA) is 32.8 Å². The van der Waals surface area contributed by atoms with Gasteiger partial charge in [0.25, 0.3) is 6.43 Å². The average Bonchev–Trinajstić information content (AvgIpc) is 2.48. The van der Waals surface area contributed by atoms with Crippen molar-refractivity contribution in [3.63, 3.8) is 0 Å². The van der Waals surface area contributed by atoms with Crippen LogP contribution in [0.5, 0.6) is 0 Å². The molecule has 116 valence electrons. The van der Waals surface area contributed by atoms with Gasteiger partial charge < -0.3 is 4.74 Å². The lowest BCUT2D eigenvalue weighted by atomic mass is 10.1. The Morgan fingerprint density at radius 3 is 2.62 bits per heavy atom. The number of carbonyl (C=O) groups excluding carboxylic acids is 1. The van der Waals surface area contributed by atoms with E-state index in [-0.39, 0.29) is 25.7 Å². The van der Waals surface area contributed by atoms with Crippen molar-refractivity contribution in [3.8, 4) is 0 Å². The molecule has 1 heterocycles. The van der Waals surface area contributed by atoms with Gasteiger partial charge in [0.05, 0.1) is 0 Å². The highest BCUT2D eigenvalue weighted by Crippen LogP contribution is 2.20. The molecule has 1 aliphatic heterocycles. The Bertz CT molecular complexity index is 470. The van der Waals surface area contributed by atoms with Crippen LogP contribution in [0.1, 0.15) is 12.5 Å². The molecule has 4 nitrogen and oxygen atoms in total. The van der Waals surface area contributed by atoms with Gasteiger partial charge in [-0.15, -0.1) is 0 Å². The lowest BCUT2D eigenvalue weighted by Gasteiger charge is -2.42. The molecule has 2 atom stereocenters.